The summed E-state index contributed by atoms with van der Waals surface area (Å²) in [6.07, 6.45) is 3.48. The number of aromatic nitrogens is 2. The van der Waals surface area contributed by atoms with E-state index in [4.69, 9.17) is 9.84 Å². The Morgan fingerprint density at radius 3 is 1.74 bits per heavy atom. The molecular formula is C25H24N2O4. The van der Waals surface area contributed by atoms with Gasteiger partial charge in [0.25, 0.3) is 0 Å². The van der Waals surface area contributed by atoms with Crippen molar-refractivity contribution in [3.63, 3.8) is 0 Å². The van der Waals surface area contributed by atoms with E-state index in [2.05, 4.69) is 9.97 Å². The summed E-state index contributed by atoms with van der Waals surface area (Å²) in [6, 6.07) is 19.0. The molecule has 0 fully saturated rings. The van der Waals surface area contributed by atoms with Crippen molar-refractivity contribution in [2.45, 2.75) is 25.7 Å². The van der Waals surface area contributed by atoms with Crippen molar-refractivity contribution in [3.05, 3.63) is 84.2 Å². The molecule has 0 aliphatic heterocycles. The Morgan fingerprint density at radius 1 is 0.806 bits per heavy atom. The molecule has 0 aliphatic rings. The van der Waals surface area contributed by atoms with Crippen LogP contribution in [-0.4, -0.2) is 34.1 Å². The number of rotatable bonds is 4. The molecule has 2 aromatic heterocycles. The number of fused-ring (bicyclic) bond motifs is 2. The molecule has 1 N–H and O–H groups in total. The fourth-order valence-corrected chi connectivity index (χ4v) is 3.18. The molecule has 4 rings (SSSR count). The standard InChI is InChI=1S/C13H13NO2.C12H11NO2/c1-9(13(15)16-2)10-5-6-12-11(8-10)4-3-7-14-12;1-8(12(14)15)9-4-5-11-10(7-9)3-2-6-13-11/h3-9H,1-2H3;2-8H,1H3,(H,14,15). The zero-order valence-corrected chi connectivity index (χ0v) is 17.6. The Bertz CT molecular complexity index is 1220. The minimum absolute atomic E-state index is 0.219. The third-order valence-electron chi connectivity index (χ3n) is 5.18. The third kappa shape index (κ3) is 5.22. The Kier molecular flexibility index (Phi) is 6.92. The maximum atomic E-state index is 11.4. The number of carbonyl (C=O) groups is 2. The molecule has 0 amide bonds. The average molecular weight is 416 g/mol. The van der Waals surface area contributed by atoms with Crippen LogP contribution in [0.4, 0.5) is 0 Å². The van der Waals surface area contributed by atoms with Crippen LogP contribution in [0.15, 0.2) is 73.1 Å². The molecule has 4 aromatic rings. The third-order valence-corrected chi connectivity index (χ3v) is 5.18. The highest BCUT2D eigenvalue weighted by molar-refractivity contribution is 5.83. The van der Waals surface area contributed by atoms with Crippen molar-refractivity contribution in [2.24, 2.45) is 0 Å². The Balaban J connectivity index is 0.000000176. The number of methoxy groups -OCH3 is 1. The first-order valence-corrected chi connectivity index (χ1v) is 9.90. The highest BCUT2D eigenvalue weighted by atomic mass is 16.5. The Labute approximate surface area is 180 Å². The molecule has 2 heterocycles. The van der Waals surface area contributed by atoms with E-state index in [1.807, 2.05) is 67.6 Å². The van der Waals surface area contributed by atoms with Crippen LogP contribution in [0.1, 0.15) is 36.8 Å². The molecule has 2 atom stereocenters. The number of hydrogen-bond donors (Lipinski definition) is 1. The molecule has 0 saturated carbocycles. The van der Waals surface area contributed by atoms with Gasteiger partial charge in [0.05, 0.1) is 30.0 Å². The number of esters is 1. The van der Waals surface area contributed by atoms with Crippen molar-refractivity contribution in [1.82, 2.24) is 9.97 Å². The summed E-state index contributed by atoms with van der Waals surface area (Å²) in [5.74, 6) is -1.74. The van der Waals surface area contributed by atoms with E-state index < -0.39 is 11.9 Å². The lowest BCUT2D eigenvalue weighted by molar-refractivity contribution is -0.142. The topological polar surface area (TPSA) is 89.4 Å². The van der Waals surface area contributed by atoms with Crippen molar-refractivity contribution in [2.75, 3.05) is 7.11 Å². The van der Waals surface area contributed by atoms with E-state index in [-0.39, 0.29) is 11.9 Å². The van der Waals surface area contributed by atoms with Crippen LogP contribution >= 0.6 is 0 Å². The SMILES string of the molecule is CC(C(=O)O)c1ccc2ncccc2c1.COC(=O)C(C)c1ccc2ncccc2c1. The lowest BCUT2D eigenvalue weighted by Gasteiger charge is -2.09. The molecule has 0 radical (unpaired) electrons. The fourth-order valence-electron chi connectivity index (χ4n) is 3.18. The van der Waals surface area contributed by atoms with E-state index in [1.165, 1.54) is 7.11 Å². The van der Waals surface area contributed by atoms with Gasteiger partial charge >= 0.3 is 11.9 Å². The maximum absolute atomic E-state index is 11.4. The van der Waals surface area contributed by atoms with Gasteiger partial charge in [0.2, 0.25) is 0 Å². The van der Waals surface area contributed by atoms with Crippen molar-refractivity contribution >= 4 is 33.7 Å². The maximum Gasteiger partial charge on any atom is 0.312 e. The molecule has 0 spiro atoms. The first-order chi connectivity index (χ1) is 14.9. The van der Waals surface area contributed by atoms with Gasteiger partial charge in [-0.3, -0.25) is 19.6 Å². The van der Waals surface area contributed by atoms with Crippen LogP contribution in [0.5, 0.6) is 0 Å². The number of carbonyl (C=O) groups excluding carboxylic acids is 1. The molecule has 6 heteroatoms. The molecule has 0 saturated heterocycles. The predicted octanol–water partition coefficient (Wildman–Crippen LogP) is 4.93. The minimum Gasteiger partial charge on any atom is -0.481 e. The smallest absolute Gasteiger partial charge is 0.312 e. The molecule has 31 heavy (non-hydrogen) atoms. The highest BCUT2D eigenvalue weighted by Gasteiger charge is 2.15. The van der Waals surface area contributed by atoms with Gasteiger partial charge in [-0.05, 0) is 61.4 Å². The lowest BCUT2D eigenvalue weighted by Crippen LogP contribution is -2.10. The minimum atomic E-state index is -0.807. The van der Waals surface area contributed by atoms with Gasteiger partial charge in [-0.15, -0.1) is 0 Å². The molecule has 2 unspecified atom stereocenters. The van der Waals surface area contributed by atoms with Gasteiger partial charge in [-0.1, -0.05) is 24.3 Å². The summed E-state index contributed by atoms with van der Waals surface area (Å²) in [6.45, 7) is 3.52. The fraction of sp³-hybridized carbons (Fsp3) is 0.200. The van der Waals surface area contributed by atoms with Crippen molar-refractivity contribution < 1.29 is 19.4 Å². The van der Waals surface area contributed by atoms with Crippen LogP contribution in [0.2, 0.25) is 0 Å². The van der Waals surface area contributed by atoms with E-state index in [9.17, 15) is 9.59 Å². The second kappa shape index (κ2) is 9.80. The van der Waals surface area contributed by atoms with Gasteiger partial charge in [0.1, 0.15) is 0 Å². The van der Waals surface area contributed by atoms with Crippen LogP contribution in [0.25, 0.3) is 21.8 Å². The zero-order valence-electron chi connectivity index (χ0n) is 17.6. The van der Waals surface area contributed by atoms with Gasteiger partial charge in [-0.25, -0.2) is 0 Å². The van der Waals surface area contributed by atoms with Crippen LogP contribution in [0, 0.1) is 0 Å². The van der Waals surface area contributed by atoms with Crippen molar-refractivity contribution in [3.8, 4) is 0 Å². The van der Waals surface area contributed by atoms with Crippen LogP contribution in [0.3, 0.4) is 0 Å². The number of ether oxygens (including phenoxy) is 1. The number of pyridine rings is 2. The quantitative estimate of drug-likeness (QED) is 0.474. The number of carboxylic acids is 1. The summed E-state index contributed by atoms with van der Waals surface area (Å²) in [5, 5.41) is 10.9. The number of nitrogens with zero attached hydrogens (tertiary/aromatic N) is 2. The summed E-state index contributed by atoms with van der Waals surface area (Å²) < 4.78 is 4.72. The monoisotopic (exact) mass is 416 g/mol. The van der Waals surface area contributed by atoms with Gasteiger partial charge in [-0.2, -0.15) is 0 Å². The molecule has 6 nitrogen and oxygen atoms in total. The Morgan fingerprint density at radius 2 is 1.29 bits per heavy atom. The number of hydrogen-bond acceptors (Lipinski definition) is 5. The second-order valence-electron chi connectivity index (χ2n) is 7.22. The average Bonchev–Trinajstić information content (AvgIpc) is 2.82. The normalized spacial score (nSPS) is 12.5. The van der Waals surface area contributed by atoms with Crippen LogP contribution < -0.4 is 0 Å². The summed E-state index contributed by atoms with van der Waals surface area (Å²) in [5.41, 5.74) is 3.58. The first kappa shape index (κ1) is 21.9. The number of aliphatic carboxylic acids is 1. The van der Waals surface area contributed by atoms with E-state index >= 15 is 0 Å². The Hall–Kier alpha value is -3.80. The van der Waals surface area contributed by atoms with Crippen molar-refractivity contribution in [1.29, 1.82) is 0 Å². The summed E-state index contributed by atoms with van der Waals surface area (Å²) in [7, 11) is 1.40. The zero-order chi connectivity index (χ0) is 22.4. The summed E-state index contributed by atoms with van der Waals surface area (Å²) >= 11 is 0. The van der Waals surface area contributed by atoms with Gasteiger partial charge < -0.3 is 9.84 Å². The molecular weight excluding hydrogens is 392 g/mol. The van der Waals surface area contributed by atoms with E-state index in [0.29, 0.717) is 0 Å². The van der Waals surface area contributed by atoms with Gasteiger partial charge in [0.15, 0.2) is 0 Å². The number of benzene rings is 2. The van der Waals surface area contributed by atoms with Crippen LogP contribution in [-0.2, 0) is 14.3 Å². The highest BCUT2D eigenvalue weighted by Crippen LogP contribution is 2.22. The summed E-state index contributed by atoms with van der Waals surface area (Å²) in [4.78, 5) is 30.6. The second-order valence-corrected chi connectivity index (χ2v) is 7.22. The lowest BCUT2D eigenvalue weighted by atomic mass is 9.99. The molecule has 158 valence electrons. The molecule has 0 aliphatic carbocycles. The number of carboxylic acid groups (broad SMARTS) is 1. The van der Waals surface area contributed by atoms with Gasteiger partial charge in [0, 0.05) is 23.2 Å². The molecule has 0 bridgehead atoms. The molecule has 2 aromatic carbocycles. The first-order valence-electron chi connectivity index (χ1n) is 9.90. The van der Waals surface area contributed by atoms with E-state index in [0.717, 1.165) is 32.9 Å². The largest absolute Gasteiger partial charge is 0.481 e. The van der Waals surface area contributed by atoms with E-state index in [1.54, 1.807) is 19.3 Å². The predicted molar refractivity (Wildman–Crippen MR) is 120 cm³/mol.